The molecule has 0 saturated carbocycles. The molecular formula is C12H8BrClN2O3. The molecule has 0 aliphatic carbocycles. The number of aryl methyl sites for hydroxylation is 1. The number of rotatable bonds is 3. The minimum Gasteiger partial charge on any atom is -0.434 e. The van der Waals surface area contributed by atoms with Crippen LogP contribution in [0.2, 0.25) is 5.02 Å². The molecule has 0 aliphatic heterocycles. The summed E-state index contributed by atoms with van der Waals surface area (Å²) < 4.78 is 6.36. The largest absolute Gasteiger partial charge is 0.434 e. The number of ether oxygens (including phenoxy) is 1. The Morgan fingerprint density at radius 1 is 1.42 bits per heavy atom. The molecule has 0 amide bonds. The zero-order chi connectivity index (χ0) is 14.0. The van der Waals surface area contributed by atoms with Gasteiger partial charge in [0.25, 0.3) is 5.88 Å². The molecule has 2 aromatic rings. The molecule has 1 heterocycles. The number of halogens is 2. The van der Waals surface area contributed by atoms with E-state index in [0.29, 0.717) is 5.75 Å². The molecule has 1 aromatic carbocycles. The molecule has 1 aromatic heterocycles. The van der Waals surface area contributed by atoms with E-state index in [-0.39, 0.29) is 16.6 Å². The van der Waals surface area contributed by atoms with Crippen molar-refractivity contribution in [2.24, 2.45) is 0 Å². The highest BCUT2D eigenvalue weighted by molar-refractivity contribution is 9.10. The Balaban J connectivity index is 2.37. The van der Waals surface area contributed by atoms with E-state index < -0.39 is 4.92 Å². The Labute approximate surface area is 122 Å². The number of hydrogen-bond donors (Lipinski definition) is 0. The maximum absolute atomic E-state index is 10.9. The summed E-state index contributed by atoms with van der Waals surface area (Å²) in [6.07, 6.45) is 1.30. The molecule has 19 heavy (non-hydrogen) atoms. The van der Waals surface area contributed by atoms with Gasteiger partial charge in [-0.2, -0.15) is 0 Å². The van der Waals surface area contributed by atoms with Crippen molar-refractivity contribution in [2.75, 3.05) is 0 Å². The topological polar surface area (TPSA) is 65.3 Å². The van der Waals surface area contributed by atoms with Gasteiger partial charge < -0.3 is 4.74 Å². The maximum atomic E-state index is 10.9. The summed E-state index contributed by atoms with van der Waals surface area (Å²) in [7, 11) is 0. The van der Waals surface area contributed by atoms with Crippen LogP contribution in [0.5, 0.6) is 11.6 Å². The molecule has 0 aliphatic rings. The Morgan fingerprint density at radius 2 is 2.16 bits per heavy atom. The lowest BCUT2D eigenvalue weighted by Crippen LogP contribution is -1.96. The molecule has 5 nitrogen and oxygen atoms in total. The third-order valence-corrected chi connectivity index (χ3v) is 3.44. The number of hydrogen-bond acceptors (Lipinski definition) is 4. The Hall–Kier alpha value is -1.66. The number of nitrogens with zero attached hydrogens (tertiary/aromatic N) is 2. The van der Waals surface area contributed by atoms with Gasteiger partial charge in [0.2, 0.25) is 0 Å². The van der Waals surface area contributed by atoms with Gasteiger partial charge in [-0.05, 0) is 30.7 Å². The van der Waals surface area contributed by atoms with Crippen LogP contribution in [0.1, 0.15) is 5.56 Å². The molecular weight excluding hydrogens is 336 g/mol. The van der Waals surface area contributed by atoms with Crippen molar-refractivity contribution in [1.82, 2.24) is 4.98 Å². The van der Waals surface area contributed by atoms with E-state index in [4.69, 9.17) is 16.3 Å². The molecule has 0 N–H and O–H groups in total. The number of aromatic nitrogens is 1. The van der Waals surface area contributed by atoms with Gasteiger partial charge in [0.05, 0.1) is 16.1 Å². The van der Waals surface area contributed by atoms with Crippen LogP contribution in [0, 0.1) is 17.0 Å². The van der Waals surface area contributed by atoms with Crippen molar-refractivity contribution in [1.29, 1.82) is 0 Å². The van der Waals surface area contributed by atoms with Crippen LogP contribution >= 0.6 is 27.5 Å². The second-order valence-corrected chi connectivity index (χ2v) is 5.04. The first-order chi connectivity index (χ1) is 8.97. The van der Waals surface area contributed by atoms with Crippen molar-refractivity contribution in [2.45, 2.75) is 6.92 Å². The van der Waals surface area contributed by atoms with E-state index in [1.165, 1.54) is 12.3 Å². The average Bonchev–Trinajstić information content (AvgIpc) is 2.36. The van der Waals surface area contributed by atoms with Crippen LogP contribution in [0.15, 0.2) is 34.9 Å². The van der Waals surface area contributed by atoms with Crippen LogP contribution in [-0.2, 0) is 0 Å². The van der Waals surface area contributed by atoms with Gasteiger partial charge in [0.15, 0.2) is 0 Å². The lowest BCUT2D eigenvalue weighted by Gasteiger charge is -2.07. The monoisotopic (exact) mass is 342 g/mol. The molecule has 0 spiro atoms. The first kappa shape index (κ1) is 13.8. The van der Waals surface area contributed by atoms with E-state index >= 15 is 0 Å². The van der Waals surface area contributed by atoms with Crippen molar-refractivity contribution in [3.8, 4) is 11.6 Å². The highest BCUT2D eigenvalue weighted by Crippen LogP contribution is 2.32. The molecule has 0 unspecified atom stereocenters. The number of pyridine rings is 1. The highest BCUT2D eigenvalue weighted by atomic mass is 79.9. The van der Waals surface area contributed by atoms with Crippen LogP contribution in [0.25, 0.3) is 0 Å². The second-order valence-electron chi connectivity index (χ2n) is 3.75. The average molecular weight is 344 g/mol. The predicted octanol–water partition coefficient (Wildman–Crippen LogP) is 4.51. The molecule has 0 saturated heterocycles. The van der Waals surface area contributed by atoms with E-state index in [9.17, 15) is 10.1 Å². The molecule has 0 atom stereocenters. The lowest BCUT2D eigenvalue weighted by molar-refractivity contribution is -0.386. The normalized spacial score (nSPS) is 10.3. The fraction of sp³-hybridized carbons (Fsp3) is 0.0833. The smallest absolute Gasteiger partial charge is 0.332 e. The first-order valence-electron chi connectivity index (χ1n) is 5.21. The van der Waals surface area contributed by atoms with Gasteiger partial charge in [-0.1, -0.05) is 27.5 Å². The van der Waals surface area contributed by atoms with Crippen molar-refractivity contribution < 1.29 is 9.66 Å². The van der Waals surface area contributed by atoms with E-state index in [2.05, 4.69) is 20.9 Å². The minimum atomic E-state index is -0.583. The van der Waals surface area contributed by atoms with Crippen LogP contribution in [0.3, 0.4) is 0 Å². The van der Waals surface area contributed by atoms with Crippen molar-refractivity contribution in [3.63, 3.8) is 0 Å². The standard InChI is InChI=1S/C12H8BrClN2O3/c1-7-4-9(2-3-10(7)13)19-12-11(16(17)18)5-8(14)6-15-12/h2-6H,1H3. The molecule has 0 bridgehead atoms. The molecule has 2 rings (SSSR count). The van der Waals surface area contributed by atoms with E-state index in [1.807, 2.05) is 6.92 Å². The highest BCUT2D eigenvalue weighted by Gasteiger charge is 2.18. The number of nitro groups is 1. The molecule has 0 fully saturated rings. The Bertz CT molecular complexity index is 649. The summed E-state index contributed by atoms with van der Waals surface area (Å²) in [5.74, 6) is 0.384. The lowest BCUT2D eigenvalue weighted by atomic mass is 10.2. The van der Waals surface area contributed by atoms with Gasteiger partial charge >= 0.3 is 5.69 Å². The van der Waals surface area contributed by atoms with Crippen molar-refractivity contribution >= 4 is 33.2 Å². The van der Waals surface area contributed by atoms with E-state index in [1.54, 1.807) is 18.2 Å². The predicted molar refractivity (Wildman–Crippen MR) is 74.9 cm³/mol. The summed E-state index contributed by atoms with van der Waals surface area (Å²) in [5.41, 5.74) is 0.683. The first-order valence-corrected chi connectivity index (χ1v) is 6.38. The minimum absolute atomic E-state index is 0.0869. The van der Waals surface area contributed by atoms with Crippen LogP contribution in [0.4, 0.5) is 5.69 Å². The maximum Gasteiger partial charge on any atom is 0.332 e. The van der Waals surface area contributed by atoms with Gasteiger partial charge in [0, 0.05) is 10.5 Å². The summed E-state index contributed by atoms with van der Waals surface area (Å²) in [6.45, 7) is 1.89. The zero-order valence-electron chi connectivity index (χ0n) is 9.76. The summed E-state index contributed by atoms with van der Waals surface area (Å²) >= 11 is 9.05. The SMILES string of the molecule is Cc1cc(Oc2ncc(Cl)cc2[N+](=O)[O-])ccc1Br. The third kappa shape index (κ3) is 3.21. The second kappa shape index (κ2) is 5.54. The molecule has 7 heteroatoms. The van der Waals surface area contributed by atoms with Gasteiger partial charge in [-0.3, -0.25) is 10.1 Å². The van der Waals surface area contributed by atoms with E-state index in [0.717, 1.165) is 10.0 Å². The van der Waals surface area contributed by atoms with Gasteiger partial charge in [-0.15, -0.1) is 0 Å². The Morgan fingerprint density at radius 3 is 2.79 bits per heavy atom. The quantitative estimate of drug-likeness (QED) is 0.607. The summed E-state index contributed by atoms with van der Waals surface area (Å²) in [4.78, 5) is 14.2. The number of benzene rings is 1. The van der Waals surface area contributed by atoms with Crippen LogP contribution in [-0.4, -0.2) is 9.91 Å². The molecule has 98 valence electrons. The molecule has 0 radical (unpaired) electrons. The summed E-state index contributed by atoms with van der Waals surface area (Å²) in [5, 5.41) is 11.1. The third-order valence-electron chi connectivity index (χ3n) is 2.34. The van der Waals surface area contributed by atoms with Gasteiger partial charge in [-0.25, -0.2) is 4.98 Å². The van der Waals surface area contributed by atoms with Gasteiger partial charge in [0.1, 0.15) is 5.75 Å². The van der Waals surface area contributed by atoms with Crippen molar-refractivity contribution in [3.05, 3.63) is 55.6 Å². The van der Waals surface area contributed by atoms with Crippen LogP contribution < -0.4 is 4.74 Å². The fourth-order valence-electron chi connectivity index (χ4n) is 1.42. The summed E-state index contributed by atoms with van der Waals surface area (Å²) in [6, 6.07) is 6.45. The Kier molecular flexibility index (Phi) is 4.01. The zero-order valence-corrected chi connectivity index (χ0v) is 12.1. The fourth-order valence-corrected chi connectivity index (χ4v) is 1.82.